The van der Waals surface area contributed by atoms with Crippen LogP contribution in [0, 0.1) is 27.7 Å². The number of benzene rings is 1. The van der Waals surface area contributed by atoms with Crippen molar-refractivity contribution in [3.63, 3.8) is 0 Å². The molecule has 1 aromatic carbocycles. The minimum Gasteiger partial charge on any atom is -0.397 e. The summed E-state index contributed by atoms with van der Waals surface area (Å²) in [5.41, 5.74) is 12.3. The third-order valence-corrected chi connectivity index (χ3v) is 3.07. The maximum absolute atomic E-state index is 5.99. The number of rotatable bonds is 1. The molecule has 3 heteroatoms. The fourth-order valence-corrected chi connectivity index (χ4v) is 1.79. The smallest absolute Gasteiger partial charge is 0.0880 e. The van der Waals surface area contributed by atoms with E-state index in [4.69, 9.17) is 5.73 Å². The summed E-state index contributed by atoms with van der Waals surface area (Å²) in [4.78, 5) is 0. The molecule has 0 atom stereocenters. The van der Waals surface area contributed by atoms with Gasteiger partial charge in [0, 0.05) is 5.69 Å². The number of nitrogen functional groups attached to an aromatic ring is 1. The molecule has 2 rings (SSSR count). The normalized spacial score (nSPS) is 10.8. The Bertz CT molecular complexity index is 538. The molecule has 0 unspecified atom stereocenters. The molecule has 0 radical (unpaired) electrons. The molecule has 0 aliphatic heterocycles. The van der Waals surface area contributed by atoms with Crippen LogP contribution in [0.3, 0.4) is 0 Å². The van der Waals surface area contributed by atoms with Crippen LogP contribution in [0.25, 0.3) is 5.69 Å². The molecule has 2 N–H and O–H groups in total. The zero-order chi connectivity index (χ0) is 11.9. The number of aromatic nitrogens is 2. The predicted molar refractivity (Wildman–Crippen MR) is 66.9 cm³/mol. The lowest BCUT2D eigenvalue weighted by atomic mass is 10.2. The zero-order valence-electron chi connectivity index (χ0n) is 10.2. The average Bonchev–Trinajstić information content (AvgIpc) is 2.50. The summed E-state index contributed by atoms with van der Waals surface area (Å²) < 4.78 is 1.92. The number of anilines is 1. The third kappa shape index (κ3) is 1.58. The summed E-state index contributed by atoms with van der Waals surface area (Å²) >= 11 is 0. The molecule has 16 heavy (non-hydrogen) atoms. The van der Waals surface area contributed by atoms with Gasteiger partial charge in [-0.05, 0) is 51.0 Å². The van der Waals surface area contributed by atoms with Crippen molar-refractivity contribution in [1.82, 2.24) is 9.78 Å². The number of hydrogen-bond acceptors (Lipinski definition) is 2. The first kappa shape index (κ1) is 10.7. The monoisotopic (exact) mass is 215 g/mol. The highest BCUT2D eigenvalue weighted by atomic mass is 15.3. The van der Waals surface area contributed by atoms with E-state index in [0.29, 0.717) is 0 Å². The molecule has 2 aromatic rings. The SMILES string of the molecule is Cc1ccc(N)c(-n2nc(C)c(C)c2C)c1. The largest absolute Gasteiger partial charge is 0.397 e. The van der Waals surface area contributed by atoms with E-state index in [1.54, 1.807) is 0 Å². The molecule has 0 amide bonds. The number of hydrogen-bond donors (Lipinski definition) is 1. The van der Waals surface area contributed by atoms with E-state index >= 15 is 0 Å². The van der Waals surface area contributed by atoms with Gasteiger partial charge in [0.2, 0.25) is 0 Å². The second-order valence-electron chi connectivity index (χ2n) is 4.27. The molecule has 0 spiro atoms. The molecule has 84 valence electrons. The predicted octanol–water partition coefficient (Wildman–Crippen LogP) is 2.69. The van der Waals surface area contributed by atoms with Crippen molar-refractivity contribution < 1.29 is 0 Å². The van der Waals surface area contributed by atoms with Crippen LogP contribution in [0.4, 0.5) is 5.69 Å². The number of nitrogens with two attached hydrogens (primary N) is 1. The van der Waals surface area contributed by atoms with Crippen LogP contribution in [0.5, 0.6) is 0 Å². The molecular weight excluding hydrogens is 198 g/mol. The molecule has 0 aliphatic carbocycles. The van der Waals surface area contributed by atoms with Gasteiger partial charge in [-0.2, -0.15) is 5.10 Å². The van der Waals surface area contributed by atoms with E-state index in [1.807, 2.05) is 23.7 Å². The van der Waals surface area contributed by atoms with Crippen LogP contribution in [-0.2, 0) is 0 Å². The van der Waals surface area contributed by atoms with Crippen LogP contribution in [0.2, 0.25) is 0 Å². The van der Waals surface area contributed by atoms with Gasteiger partial charge in [0.05, 0.1) is 17.1 Å². The van der Waals surface area contributed by atoms with Gasteiger partial charge in [0.25, 0.3) is 0 Å². The van der Waals surface area contributed by atoms with Crippen LogP contribution in [-0.4, -0.2) is 9.78 Å². The third-order valence-electron chi connectivity index (χ3n) is 3.07. The van der Waals surface area contributed by atoms with Crippen LogP contribution >= 0.6 is 0 Å². The first-order valence-corrected chi connectivity index (χ1v) is 5.40. The van der Waals surface area contributed by atoms with Crippen molar-refractivity contribution in [1.29, 1.82) is 0 Å². The Hall–Kier alpha value is -1.77. The maximum atomic E-state index is 5.99. The van der Waals surface area contributed by atoms with Crippen molar-refractivity contribution in [2.45, 2.75) is 27.7 Å². The highest BCUT2D eigenvalue weighted by Gasteiger charge is 2.10. The Morgan fingerprint density at radius 2 is 1.81 bits per heavy atom. The molecule has 1 aromatic heterocycles. The molecule has 3 nitrogen and oxygen atoms in total. The summed E-state index contributed by atoms with van der Waals surface area (Å²) in [5.74, 6) is 0. The van der Waals surface area contributed by atoms with E-state index in [2.05, 4.69) is 31.9 Å². The molecule has 0 saturated heterocycles. The standard InChI is InChI=1S/C13H17N3/c1-8-5-6-12(14)13(7-8)16-11(4)9(2)10(3)15-16/h5-7H,14H2,1-4H3. The first-order chi connectivity index (χ1) is 7.50. The minimum atomic E-state index is 0.760. The Morgan fingerprint density at radius 1 is 1.12 bits per heavy atom. The van der Waals surface area contributed by atoms with Gasteiger partial charge < -0.3 is 5.73 Å². The Kier molecular flexibility index (Phi) is 2.46. The van der Waals surface area contributed by atoms with E-state index < -0.39 is 0 Å². The first-order valence-electron chi connectivity index (χ1n) is 5.40. The molecule has 0 saturated carbocycles. The molecule has 0 fully saturated rings. The second-order valence-corrected chi connectivity index (χ2v) is 4.27. The number of nitrogens with zero attached hydrogens (tertiary/aromatic N) is 2. The molecule has 0 bridgehead atoms. The van der Waals surface area contributed by atoms with Gasteiger partial charge in [-0.25, -0.2) is 4.68 Å². The van der Waals surface area contributed by atoms with Crippen molar-refractivity contribution >= 4 is 5.69 Å². The Labute approximate surface area is 95.9 Å². The quantitative estimate of drug-likeness (QED) is 0.743. The summed E-state index contributed by atoms with van der Waals surface area (Å²) in [7, 11) is 0. The topological polar surface area (TPSA) is 43.8 Å². The lowest BCUT2D eigenvalue weighted by Gasteiger charge is -2.09. The molecule has 0 aliphatic rings. The van der Waals surface area contributed by atoms with Crippen molar-refractivity contribution in [3.8, 4) is 5.69 Å². The van der Waals surface area contributed by atoms with E-state index in [0.717, 1.165) is 22.8 Å². The van der Waals surface area contributed by atoms with Crippen LogP contribution < -0.4 is 5.73 Å². The van der Waals surface area contributed by atoms with Crippen molar-refractivity contribution in [2.75, 3.05) is 5.73 Å². The Balaban J connectivity index is 2.67. The zero-order valence-corrected chi connectivity index (χ0v) is 10.2. The van der Waals surface area contributed by atoms with Gasteiger partial charge in [-0.1, -0.05) is 6.07 Å². The second kappa shape index (κ2) is 3.67. The van der Waals surface area contributed by atoms with Crippen LogP contribution in [0.1, 0.15) is 22.5 Å². The van der Waals surface area contributed by atoms with Gasteiger partial charge in [-0.15, -0.1) is 0 Å². The van der Waals surface area contributed by atoms with E-state index in [9.17, 15) is 0 Å². The molecular formula is C13H17N3. The van der Waals surface area contributed by atoms with Crippen LogP contribution in [0.15, 0.2) is 18.2 Å². The van der Waals surface area contributed by atoms with Gasteiger partial charge in [0.1, 0.15) is 0 Å². The summed E-state index contributed by atoms with van der Waals surface area (Å²) in [6.07, 6.45) is 0. The summed E-state index contributed by atoms with van der Waals surface area (Å²) in [6.45, 7) is 8.23. The van der Waals surface area contributed by atoms with Gasteiger partial charge >= 0.3 is 0 Å². The summed E-state index contributed by atoms with van der Waals surface area (Å²) in [6, 6.07) is 6.00. The van der Waals surface area contributed by atoms with Crippen molar-refractivity contribution in [2.24, 2.45) is 0 Å². The fraction of sp³-hybridized carbons (Fsp3) is 0.308. The maximum Gasteiger partial charge on any atom is 0.0880 e. The fourth-order valence-electron chi connectivity index (χ4n) is 1.79. The van der Waals surface area contributed by atoms with Gasteiger partial charge in [-0.3, -0.25) is 0 Å². The van der Waals surface area contributed by atoms with Gasteiger partial charge in [0.15, 0.2) is 0 Å². The highest BCUT2D eigenvalue weighted by molar-refractivity contribution is 5.59. The number of aryl methyl sites for hydroxylation is 2. The average molecular weight is 215 g/mol. The van der Waals surface area contributed by atoms with E-state index in [1.165, 1.54) is 11.1 Å². The molecule has 1 heterocycles. The Morgan fingerprint density at radius 3 is 2.38 bits per heavy atom. The van der Waals surface area contributed by atoms with E-state index in [-0.39, 0.29) is 0 Å². The van der Waals surface area contributed by atoms with Crippen molar-refractivity contribution in [3.05, 3.63) is 40.7 Å². The lowest BCUT2D eigenvalue weighted by Crippen LogP contribution is -2.03. The summed E-state index contributed by atoms with van der Waals surface area (Å²) in [5, 5.41) is 4.52. The highest BCUT2D eigenvalue weighted by Crippen LogP contribution is 2.22. The lowest BCUT2D eigenvalue weighted by molar-refractivity contribution is 0.834. The minimum absolute atomic E-state index is 0.760.